The standard InChI is InChI=1S/C15H28N2O6/c1-4-6-8-9-11-13(10-7-5-2)14(18)23-12-15(3,16(19)20)17(21)22/h13H,4-12H2,1-3H3. The Bertz CT molecular complexity index is 385. The van der Waals surface area contributed by atoms with Crippen LogP contribution in [0.1, 0.15) is 72.1 Å². The monoisotopic (exact) mass is 332 g/mol. The van der Waals surface area contributed by atoms with Gasteiger partial charge in [-0.25, -0.2) is 0 Å². The van der Waals surface area contributed by atoms with Gasteiger partial charge in [0.25, 0.3) is 0 Å². The lowest BCUT2D eigenvalue weighted by atomic mass is 9.95. The summed E-state index contributed by atoms with van der Waals surface area (Å²) >= 11 is 0. The van der Waals surface area contributed by atoms with Crippen molar-refractivity contribution in [3.63, 3.8) is 0 Å². The predicted octanol–water partition coefficient (Wildman–Crippen LogP) is 3.58. The summed E-state index contributed by atoms with van der Waals surface area (Å²) in [4.78, 5) is 31.8. The first kappa shape index (κ1) is 21.3. The lowest BCUT2D eigenvalue weighted by molar-refractivity contribution is -0.793. The van der Waals surface area contributed by atoms with Gasteiger partial charge in [0.05, 0.1) is 12.8 Å². The first-order valence-corrected chi connectivity index (χ1v) is 8.25. The molecule has 0 amide bonds. The molecule has 134 valence electrons. The number of carbonyl (C=O) groups excluding carboxylic acids is 1. The molecule has 0 rings (SSSR count). The summed E-state index contributed by atoms with van der Waals surface area (Å²) in [7, 11) is 0. The van der Waals surface area contributed by atoms with Crippen LogP contribution in [0.15, 0.2) is 0 Å². The maximum atomic E-state index is 12.1. The third-order valence-electron chi connectivity index (χ3n) is 3.92. The molecule has 8 heteroatoms. The van der Waals surface area contributed by atoms with Crippen LogP contribution in [-0.4, -0.2) is 28.1 Å². The molecular weight excluding hydrogens is 304 g/mol. The third kappa shape index (κ3) is 7.38. The van der Waals surface area contributed by atoms with Gasteiger partial charge in [-0.05, 0) is 12.8 Å². The number of esters is 1. The van der Waals surface area contributed by atoms with Crippen molar-refractivity contribution in [3.8, 4) is 0 Å². The maximum absolute atomic E-state index is 12.1. The summed E-state index contributed by atoms with van der Waals surface area (Å²) in [5.74, 6) is -0.903. The molecule has 0 spiro atoms. The number of hydrogen-bond acceptors (Lipinski definition) is 6. The van der Waals surface area contributed by atoms with E-state index in [9.17, 15) is 25.0 Å². The fraction of sp³-hybridized carbons (Fsp3) is 0.933. The van der Waals surface area contributed by atoms with E-state index in [0.717, 1.165) is 45.4 Å². The first-order valence-electron chi connectivity index (χ1n) is 8.25. The van der Waals surface area contributed by atoms with Gasteiger partial charge in [0.1, 0.15) is 9.85 Å². The van der Waals surface area contributed by atoms with E-state index in [4.69, 9.17) is 4.74 Å². The molecule has 0 aromatic rings. The van der Waals surface area contributed by atoms with Gasteiger partial charge in [-0.3, -0.25) is 25.0 Å². The van der Waals surface area contributed by atoms with Gasteiger partial charge in [-0.1, -0.05) is 52.4 Å². The van der Waals surface area contributed by atoms with Gasteiger partial charge in [-0.15, -0.1) is 0 Å². The van der Waals surface area contributed by atoms with Gasteiger partial charge in [-0.2, -0.15) is 0 Å². The second-order valence-electron chi connectivity index (χ2n) is 6.03. The number of unbranched alkanes of at least 4 members (excludes halogenated alkanes) is 4. The zero-order chi connectivity index (χ0) is 17.9. The highest BCUT2D eigenvalue weighted by atomic mass is 16.7. The van der Waals surface area contributed by atoms with Gasteiger partial charge >= 0.3 is 11.6 Å². The van der Waals surface area contributed by atoms with E-state index >= 15 is 0 Å². The summed E-state index contributed by atoms with van der Waals surface area (Å²) in [6.45, 7) is 4.11. The Morgan fingerprint density at radius 1 is 1.00 bits per heavy atom. The minimum Gasteiger partial charge on any atom is -0.450 e. The zero-order valence-corrected chi connectivity index (χ0v) is 14.3. The van der Waals surface area contributed by atoms with E-state index in [1.54, 1.807) is 0 Å². The molecule has 0 bridgehead atoms. The molecule has 0 fully saturated rings. The molecule has 0 saturated heterocycles. The summed E-state index contributed by atoms with van der Waals surface area (Å²) in [6, 6.07) is 0. The van der Waals surface area contributed by atoms with Gasteiger partial charge in [0, 0.05) is 0 Å². The molecule has 0 saturated carbocycles. The van der Waals surface area contributed by atoms with Crippen molar-refractivity contribution in [2.24, 2.45) is 5.92 Å². The van der Waals surface area contributed by atoms with Crippen molar-refractivity contribution in [2.45, 2.75) is 77.8 Å². The fourth-order valence-corrected chi connectivity index (χ4v) is 2.15. The molecule has 0 aromatic heterocycles. The molecule has 0 aliphatic heterocycles. The van der Waals surface area contributed by atoms with Crippen LogP contribution in [0.2, 0.25) is 0 Å². The minimum absolute atomic E-state index is 0.338. The van der Waals surface area contributed by atoms with Crippen molar-refractivity contribution in [1.82, 2.24) is 0 Å². The van der Waals surface area contributed by atoms with E-state index in [0.29, 0.717) is 12.8 Å². The van der Waals surface area contributed by atoms with Gasteiger partial charge in [0.15, 0.2) is 0 Å². The quantitative estimate of drug-likeness (QED) is 0.167. The highest BCUT2D eigenvalue weighted by Crippen LogP contribution is 2.20. The molecule has 23 heavy (non-hydrogen) atoms. The Morgan fingerprint density at radius 2 is 1.52 bits per heavy atom. The van der Waals surface area contributed by atoms with Crippen molar-refractivity contribution in [2.75, 3.05) is 6.61 Å². The van der Waals surface area contributed by atoms with E-state index < -0.39 is 28.1 Å². The Balaban J connectivity index is 4.62. The molecule has 0 aliphatic rings. The summed E-state index contributed by atoms with van der Waals surface area (Å²) < 4.78 is 4.92. The molecule has 1 unspecified atom stereocenters. The van der Waals surface area contributed by atoms with Crippen LogP contribution in [0.3, 0.4) is 0 Å². The van der Waals surface area contributed by atoms with Crippen LogP contribution in [0.4, 0.5) is 0 Å². The van der Waals surface area contributed by atoms with Crippen LogP contribution in [0, 0.1) is 26.1 Å². The van der Waals surface area contributed by atoms with Crippen LogP contribution >= 0.6 is 0 Å². The summed E-state index contributed by atoms with van der Waals surface area (Å²) in [5, 5.41) is 21.7. The average Bonchev–Trinajstić information content (AvgIpc) is 2.51. The third-order valence-corrected chi connectivity index (χ3v) is 3.92. The van der Waals surface area contributed by atoms with Crippen LogP contribution in [-0.2, 0) is 9.53 Å². The van der Waals surface area contributed by atoms with E-state index in [1.165, 1.54) is 0 Å². The number of hydrogen-bond donors (Lipinski definition) is 0. The largest absolute Gasteiger partial charge is 0.488 e. The van der Waals surface area contributed by atoms with Crippen molar-refractivity contribution >= 4 is 5.97 Å². The number of ether oxygens (including phenoxy) is 1. The maximum Gasteiger partial charge on any atom is 0.488 e. The Kier molecular flexibility index (Phi) is 10.1. The number of nitrogens with zero attached hydrogens (tertiary/aromatic N) is 2. The molecule has 0 aromatic carbocycles. The first-order chi connectivity index (χ1) is 10.8. The highest BCUT2D eigenvalue weighted by molar-refractivity contribution is 5.72. The molecule has 1 atom stereocenters. The Labute approximate surface area is 136 Å². The summed E-state index contributed by atoms with van der Waals surface area (Å²) in [6.07, 6.45) is 7.19. The highest BCUT2D eigenvalue weighted by Gasteiger charge is 2.52. The van der Waals surface area contributed by atoms with Crippen molar-refractivity contribution < 1.29 is 19.4 Å². The second kappa shape index (κ2) is 10.9. The molecule has 8 nitrogen and oxygen atoms in total. The zero-order valence-electron chi connectivity index (χ0n) is 14.3. The lowest BCUT2D eigenvalue weighted by Gasteiger charge is -2.17. The smallest absolute Gasteiger partial charge is 0.450 e. The number of rotatable bonds is 13. The molecular formula is C15H28N2O6. The average molecular weight is 332 g/mol. The molecule has 0 aliphatic carbocycles. The number of carbonyl (C=O) groups is 1. The van der Waals surface area contributed by atoms with Crippen LogP contribution in [0.25, 0.3) is 0 Å². The number of nitro groups is 2. The Hall–Kier alpha value is -1.73. The topological polar surface area (TPSA) is 113 Å². The Morgan fingerprint density at radius 3 is 2.00 bits per heavy atom. The van der Waals surface area contributed by atoms with Gasteiger partial charge < -0.3 is 4.74 Å². The van der Waals surface area contributed by atoms with Crippen molar-refractivity contribution in [3.05, 3.63) is 20.2 Å². The minimum atomic E-state index is -2.49. The molecule has 0 heterocycles. The molecule has 0 radical (unpaired) electrons. The normalized spacial score (nSPS) is 12.7. The van der Waals surface area contributed by atoms with Crippen molar-refractivity contribution in [1.29, 1.82) is 0 Å². The van der Waals surface area contributed by atoms with E-state index in [2.05, 4.69) is 6.92 Å². The van der Waals surface area contributed by atoms with Gasteiger partial charge in [0.2, 0.25) is 6.61 Å². The second-order valence-corrected chi connectivity index (χ2v) is 6.03. The molecule has 0 N–H and O–H groups in total. The van der Waals surface area contributed by atoms with E-state index in [1.807, 2.05) is 6.92 Å². The lowest BCUT2D eigenvalue weighted by Crippen LogP contribution is -2.48. The van der Waals surface area contributed by atoms with E-state index in [-0.39, 0.29) is 5.92 Å². The summed E-state index contributed by atoms with van der Waals surface area (Å²) in [5.41, 5.74) is -2.49. The SMILES string of the molecule is CCCCCCC(CCCC)C(=O)OCC(C)([N+](=O)[O-])[N+](=O)[O-]. The van der Waals surface area contributed by atoms with Crippen LogP contribution in [0.5, 0.6) is 0 Å². The van der Waals surface area contributed by atoms with Crippen LogP contribution < -0.4 is 0 Å². The fourth-order valence-electron chi connectivity index (χ4n) is 2.15. The predicted molar refractivity (Wildman–Crippen MR) is 85.1 cm³/mol.